The minimum atomic E-state index is -0.528. The molecule has 3 heteroatoms. The molecule has 1 amide bonds. The molecule has 2 N–H and O–H groups in total. The van der Waals surface area contributed by atoms with Crippen LogP contribution in [0.2, 0.25) is 0 Å². The molecular formula is C16H27NO2. The summed E-state index contributed by atoms with van der Waals surface area (Å²) < 4.78 is 0. The van der Waals surface area contributed by atoms with Crippen molar-refractivity contribution in [2.75, 3.05) is 6.54 Å². The molecule has 0 aromatic carbocycles. The van der Waals surface area contributed by atoms with Crippen molar-refractivity contribution in [3.8, 4) is 0 Å². The van der Waals surface area contributed by atoms with Gasteiger partial charge in [0.2, 0.25) is 5.91 Å². The van der Waals surface area contributed by atoms with E-state index in [4.69, 9.17) is 0 Å². The summed E-state index contributed by atoms with van der Waals surface area (Å²) in [6.07, 6.45) is 6.89. The van der Waals surface area contributed by atoms with E-state index in [2.05, 4.69) is 19.2 Å². The van der Waals surface area contributed by atoms with Gasteiger partial charge in [-0.2, -0.15) is 0 Å². The number of hydrogen-bond acceptors (Lipinski definition) is 2. The van der Waals surface area contributed by atoms with Crippen LogP contribution in [0.1, 0.15) is 58.8 Å². The Hall–Kier alpha value is -0.570. The standard InChI is InChI=1S/C16H27NO2/c1-11(2)3-4-17-14(18)15-6-12-5-13(7-15)9-16(19,8-12)10-15/h11-13,19H,3-10H2,1-2H3,(H,17,18)/t12-,13+,15?,16?. The SMILES string of the molecule is CC(C)CCNC(=O)C12C[C@@H]3C[C@@H](CC(O)(C3)C1)C2. The van der Waals surface area contributed by atoms with Gasteiger partial charge in [-0.05, 0) is 62.7 Å². The number of carbonyl (C=O) groups excluding carboxylic acids is 1. The van der Waals surface area contributed by atoms with Gasteiger partial charge in [0.15, 0.2) is 0 Å². The molecule has 4 fully saturated rings. The molecule has 0 aliphatic heterocycles. The van der Waals surface area contributed by atoms with Gasteiger partial charge in [-0.25, -0.2) is 0 Å². The Balaban J connectivity index is 1.68. The molecule has 4 atom stereocenters. The first-order chi connectivity index (χ1) is 8.91. The van der Waals surface area contributed by atoms with E-state index in [1.165, 1.54) is 6.42 Å². The van der Waals surface area contributed by atoms with E-state index < -0.39 is 5.60 Å². The van der Waals surface area contributed by atoms with Crippen molar-refractivity contribution in [3.05, 3.63) is 0 Å². The first-order valence-electron chi connectivity index (χ1n) is 7.92. The summed E-state index contributed by atoms with van der Waals surface area (Å²) in [7, 11) is 0. The maximum Gasteiger partial charge on any atom is 0.226 e. The number of carbonyl (C=O) groups is 1. The zero-order valence-electron chi connectivity index (χ0n) is 12.2. The zero-order chi connectivity index (χ0) is 13.7. The summed E-state index contributed by atoms with van der Waals surface area (Å²) in [5, 5.41) is 13.8. The van der Waals surface area contributed by atoms with E-state index in [0.717, 1.165) is 38.6 Å². The Kier molecular flexibility index (Phi) is 3.16. The maximum atomic E-state index is 12.6. The van der Waals surface area contributed by atoms with Crippen LogP contribution in [0.15, 0.2) is 0 Å². The highest BCUT2D eigenvalue weighted by Crippen LogP contribution is 2.61. The number of aliphatic hydroxyl groups is 1. The van der Waals surface area contributed by atoms with Gasteiger partial charge >= 0.3 is 0 Å². The number of rotatable bonds is 4. The Morgan fingerprint density at radius 1 is 1.26 bits per heavy atom. The molecule has 4 aliphatic rings. The minimum Gasteiger partial charge on any atom is -0.390 e. The highest BCUT2D eigenvalue weighted by Gasteiger charge is 2.59. The molecule has 2 unspecified atom stereocenters. The first-order valence-corrected chi connectivity index (χ1v) is 7.92. The van der Waals surface area contributed by atoms with Gasteiger partial charge in [0, 0.05) is 6.54 Å². The van der Waals surface area contributed by atoms with Crippen molar-refractivity contribution in [2.45, 2.75) is 64.4 Å². The van der Waals surface area contributed by atoms with Crippen molar-refractivity contribution in [2.24, 2.45) is 23.2 Å². The van der Waals surface area contributed by atoms with E-state index in [9.17, 15) is 9.90 Å². The lowest BCUT2D eigenvalue weighted by Crippen LogP contribution is -2.60. The molecule has 0 radical (unpaired) electrons. The van der Waals surface area contributed by atoms with Crippen LogP contribution >= 0.6 is 0 Å². The van der Waals surface area contributed by atoms with E-state index >= 15 is 0 Å². The largest absolute Gasteiger partial charge is 0.390 e. The molecule has 4 saturated carbocycles. The van der Waals surface area contributed by atoms with Gasteiger partial charge in [-0.3, -0.25) is 4.79 Å². The Morgan fingerprint density at radius 3 is 2.42 bits per heavy atom. The molecule has 0 aromatic heterocycles. The van der Waals surface area contributed by atoms with Crippen LogP contribution in [0.3, 0.4) is 0 Å². The molecule has 0 heterocycles. The smallest absolute Gasteiger partial charge is 0.226 e. The normalized spacial score (nSPS) is 43.8. The average molecular weight is 265 g/mol. The summed E-state index contributed by atoms with van der Waals surface area (Å²) in [5.41, 5.74) is -0.769. The summed E-state index contributed by atoms with van der Waals surface area (Å²) in [6, 6.07) is 0. The van der Waals surface area contributed by atoms with Crippen molar-refractivity contribution in [3.63, 3.8) is 0 Å². The predicted molar refractivity (Wildman–Crippen MR) is 74.5 cm³/mol. The monoisotopic (exact) mass is 265 g/mol. The molecular weight excluding hydrogens is 238 g/mol. The van der Waals surface area contributed by atoms with Gasteiger partial charge in [0.05, 0.1) is 11.0 Å². The molecule has 0 saturated heterocycles. The molecule has 0 aromatic rings. The summed E-state index contributed by atoms with van der Waals surface area (Å²) in [5.74, 6) is 2.02. The maximum absolute atomic E-state index is 12.6. The van der Waals surface area contributed by atoms with Crippen LogP contribution in [0.4, 0.5) is 0 Å². The zero-order valence-corrected chi connectivity index (χ0v) is 12.2. The lowest BCUT2D eigenvalue weighted by Gasteiger charge is -2.59. The number of hydrogen-bond donors (Lipinski definition) is 2. The van der Waals surface area contributed by atoms with Crippen LogP contribution in [-0.4, -0.2) is 23.2 Å². The second-order valence-corrected chi connectivity index (χ2v) is 7.90. The predicted octanol–water partition coefficient (Wildman–Crippen LogP) is 2.48. The molecule has 108 valence electrons. The van der Waals surface area contributed by atoms with E-state index in [-0.39, 0.29) is 11.3 Å². The Morgan fingerprint density at radius 2 is 1.89 bits per heavy atom. The third-order valence-electron chi connectivity index (χ3n) is 5.52. The van der Waals surface area contributed by atoms with Gasteiger partial charge in [0.25, 0.3) is 0 Å². The van der Waals surface area contributed by atoms with Gasteiger partial charge in [0.1, 0.15) is 0 Å². The lowest BCUT2D eigenvalue weighted by atomic mass is 9.47. The molecule has 0 spiro atoms. The fourth-order valence-electron chi connectivity index (χ4n) is 5.14. The highest BCUT2D eigenvalue weighted by atomic mass is 16.3. The summed E-state index contributed by atoms with van der Waals surface area (Å²) >= 11 is 0. The Bertz CT molecular complexity index is 363. The second kappa shape index (κ2) is 4.47. The van der Waals surface area contributed by atoms with Crippen LogP contribution < -0.4 is 5.32 Å². The summed E-state index contributed by atoms with van der Waals surface area (Å²) in [4.78, 5) is 12.6. The first kappa shape index (κ1) is 13.4. The molecule has 19 heavy (non-hydrogen) atoms. The third kappa shape index (κ3) is 2.42. The minimum absolute atomic E-state index is 0.223. The number of nitrogens with one attached hydrogen (secondary N) is 1. The molecule has 3 nitrogen and oxygen atoms in total. The van der Waals surface area contributed by atoms with E-state index in [1.807, 2.05) is 0 Å². The molecule has 4 bridgehead atoms. The average Bonchev–Trinajstić information content (AvgIpc) is 2.24. The topological polar surface area (TPSA) is 49.3 Å². The molecule has 4 rings (SSSR count). The van der Waals surface area contributed by atoms with Crippen molar-refractivity contribution < 1.29 is 9.90 Å². The second-order valence-electron chi connectivity index (χ2n) is 7.90. The van der Waals surface area contributed by atoms with Gasteiger partial charge < -0.3 is 10.4 Å². The van der Waals surface area contributed by atoms with Crippen molar-refractivity contribution >= 4 is 5.91 Å². The van der Waals surface area contributed by atoms with E-state index in [1.54, 1.807) is 0 Å². The van der Waals surface area contributed by atoms with Crippen LogP contribution in [0.5, 0.6) is 0 Å². The number of amides is 1. The van der Waals surface area contributed by atoms with Crippen LogP contribution in [0, 0.1) is 23.2 Å². The van der Waals surface area contributed by atoms with Crippen LogP contribution in [0.25, 0.3) is 0 Å². The van der Waals surface area contributed by atoms with Gasteiger partial charge in [-0.1, -0.05) is 13.8 Å². The van der Waals surface area contributed by atoms with Crippen molar-refractivity contribution in [1.82, 2.24) is 5.32 Å². The Labute approximate surface area is 116 Å². The summed E-state index contributed by atoms with van der Waals surface area (Å²) in [6.45, 7) is 5.14. The van der Waals surface area contributed by atoms with Crippen LogP contribution in [-0.2, 0) is 4.79 Å². The fourth-order valence-corrected chi connectivity index (χ4v) is 5.14. The fraction of sp³-hybridized carbons (Fsp3) is 0.938. The van der Waals surface area contributed by atoms with Crippen molar-refractivity contribution in [1.29, 1.82) is 0 Å². The van der Waals surface area contributed by atoms with Gasteiger partial charge in [-0.15, -0.1) is 0 Å². The lowest BCUT2D eigenvalue weighted by molar-refractivity contribution is -0.178. The third-order valence-corrected chi connectivity index (χ3v) is 5.52. The quantitative estimate of drug-likeness (QED) is 0.820. The highest BCUT2D eigenvalue weighted by molar-refractivity contribution is 5.83. The molecule has 4 aliphatic carbocycles. The van der Waals surface area contributed by atoms with E-state index in [0.29, 0.717) is 24.2 Å².